The van der Waals surface area contributed by atoms with Gasteiger partial charge in [0.1, 0.15) is 11.6 Å². The van der Waals surface area contributed by atoms with E-state index in [2.05, 4.69) is 5.32 Å². The lowest BCUT2D eigenvalue weighted by Crippen LogP contribution is -2.33. The highest BCUT2D eigenvalue weighted by molar-refractivity contribution is 5.90. The topological polar surface area (TPSA) is 68.5 Å². The summed E-state index contributed by atoms with van der Waals surface area (Å²) in [4.78, 5) is 24.5. The third-order valence-corrected chi connectivity index (χ3v) is 3.50. The maximum absolute atomic E-state index is 13.1. The van der Waals surface area contributed by atoms with Crippen molar-refractivity contribution in [2.45, 2.75) is 31.9 Å². The lowest BCUT2D eigenvalue weighted by Gasteiger charge is -2.17. The molecule has 6 heteroatoms. The van der Waals surface area contributed by atoms with E-state index in [0.29, 0.717) is 11.3 Å². The van der Waals surface area contributed by atoms with Gasteiger partial charge in [-0.3, -0.25) is 4.79 Å². The fourth-order valence-corrected chi connectivity index (χ4v) is 2.12. The molecule has 120 valence electrons. The third-order valence-electron chi connectivity index (χ3n) is 3.50. The summed E-state index contributed by atoms with van der Waals surface area (Å²) in [6, 6.07) is 8.52. The number of hydrogen-bond acceptors (Lipinski definition) is 4. The second-order valence-electron chi connectivity index (χ2n) is 5.53. The quantitative estimate of drug-likeness (QED) is 0.861. The van der Waals surface area contributed by atoms with E-state index in [-0.39, 0.29) is 11.8 Å². The third kappa shape index (κ3) is 3.77. The van der Waals surface area contributed by atoms with Crippen molar-refractivity contribution in [3.63, 3.8) is 0 Å². The molecule has 0 spiro atoms. The maximum Gasteiger partial charge on any atom is 0.375 e. The Balaban J connectivity index is 1.80. The number of rotatable bonds is 5. The van der Waals surface area contributed by atoms with E-state index in [1.165, 1.54) is 30.3 Å². The van der Waals surface area contributed by atoms with Crippen LogP contribution in [0.5, 0.6) is 0 Å². The predicted molar refractivity (Wildman–Crippen MR) is 79.2 cm³/mol. The van der Waals surface area contributed by atoms with Gasteiger partial charge < -0.3 is 14.5 Å². The van der Waals surface area contributed by atoms with Crippen molar-refractivity contribution in [2.24, 2.45) is 0 Å². The van der Waals surface area contributed by atoms with E-state index < -0.39 is 23.8 Å². The van der Waals surface area contributed by atoms with Crippen LogP contribution in [0.4, 0.5) is 4.39 Å². The molecule has 1 fully saturated rings. The number of nitrogens with one attached hydrogen (secondary N) is 1. The van der Waals surface area contributed by atoms with Crippen LogP contribution in [0, 0.1) is 12.7 Å². The lowest BCUT2D eigenvalue weighted by atomic mass is 10.1. The highest BCUT2D eigenvalue weighted by Crippen LogP contribution is 2.24. The van der Waals surface area contributed by atoms with Crippen LogP contribution < -0.4 is 5.32 Å². The lowest BCUT2D eigenvalue weighted by molar-refractivity contribution is -0.130. The standard InChI is InChI=1S/C17H16FNO4/c1-10-2-9-14(22-10)17(21)23-15(16(20)19-13-7-8-13)11-3-5-12(18)6-4-11/h2-6,9,13,15H,7-8H2,1H3,(H,19,20)/t15-/m0/s1. The van der Waals surface area contributed by atoms with Gasteiger partial charge in [0.05, 0.1) is 0 Å². The van der Waals surface area contributed by atoms with Gasteiger partial charge >= 0.3 is 5.97 Å². The molecule has 3 rings (SSSR count). The molecule has 5 nitrogen and oxygen atoms in total. The smallest absolute Gasteiger partial charge is 0.375 e. The first-order valence-corrected chi connectivity index (χ1v) is 7.36. The summed E-state index contributed by atoms with van der Waals surface area (Å²) in [7, 11) is 0. The van der Waals surface area contributed by atoms with Crippen LogP contribution in [-0.2, 0) is 9.53 Å². The van der Waals surface area contributed by atoms with E-state index in [0.717, 1.165) is 12.8 Å². The Morgan fingerprint density at radius 3 is 2.48 bits per heavy atom. The molecule has 0 saturated heterocycles. The molecule has 1 aromatic heterocycles. The Morgan fingerprint density at radius 1 is 1.22 bits per heavy atom. The van der Waals surface area contributed by atoms with Gasteiger partial charge in [-0.2, -0.15) is 0 Å². The summed E-state index contributed by atoms with van der Waals surface area (Å²) < 4.78 is 23.6. The van der Waals surface area contributed by atoms with Crippen LogP contribution in [-0.4, -0.2) is 17.9 Å². The molecule has 0 bridgehead atoms. The van der Waals surface area contributed by atoms with E-state index in [4.69, 9.17) is 9.15 Å². The van der Waals surface area contributed by atoms with Crippen LogP contribution in [0.15, 0.2) is 40.8 Å². The summed E-state index contributed by atoms with van der Waals surface area (Å²) in [5.74, 6) is -0.997. The highest BCUT2D eigenvalue weighted by atomic mass is 19.1. The molecular weight excluding hydrogens is 301 g/mol. The first-order valence-electron chi connectivity index (χ1n) is 7.36. The molecule has 1 aliphatic rings. The summed E-state index contributed by atoms with van der Waals surface area (Å²) in [5, 5.41) is 2.79. The molecule has 1 aliphatic carbocycles. The van der Waals surface area contributed by atoms with Crippen molar-refractivity contribution in [1.82, 2.24) is 5.32 Å². The second-order valence-corrected chi connectivity index (χ2v) is 5.53. The summed E-state index contributed by atoms with van der Waals surface area (Å²) in [6.07, 6.45) is 0.676. The van der Waals surface area contributed by atoms with Crippen molar-refractivity contribution in [2.75, 3.05) is 0 Å². The molecule has 1 aromatic carbocycles. The van der Waals surface area contributed by atoms with Gasteiger partial charge in [0.15, 0.2) is 0 Å². The number of amides is 1. The van der Waals surface area contributed by atoms with Crippen molar-refractivity contribution >= 4 is 11.9 Å². The number of aryl methyl sites for hydroxylation is 1. The first kappa shape index (κ1) is 15.3. The van der Waals surface area contributed by atoms with E-state index >= 15 is 0 Å². The summed E-state index contributed by atoms with van der Waals surface area (Å²) >= 11 is 0. The van der Waals surface area contributed by atoms with Crippen molar-refractivity contribution < 1.29 is 23.1 Å². The van der Waals surface area contributed by atoms with Gasteiger partial charge in [-0.25, -0.2) is 9.18 Å². The fraction of sp³-hybridized carbons (Fsp3) is 0.294. The van der Waals surface area contributed by atoms with Crippen LogP contribution in [0.1, 0.15) is 40.8 Å². The number of ether oxygens (including phenoxy) is 1. The van der Waals surface area contributed by atoms with Gasteiger partial charge in [-0.15, -0.1) is 0 Å². The average Bonchev–Trinajstić information content (AvgIpc) is 3.23. The van der Waals surface area contributed by atoms with Crippen molar-refractivity contribution in [3.05, 3.63) is 59.3 Å². The second kappa shape index (κ2) is 6.24. The molecule has 1 saturated carbocycles. The van der Waals surface area contributed by atoms with Crippen molar-refractivity contribution in [3.8, 4) is 0 Å². The molecule has 0 radical (unpaired) electrons. The number of carbonyl (C=O) groups excluding carboxylic acids is 2. The average molecular weight is 317 g/mol. The summed E-state index contributed by atoms with van der Waals surface area (Å²) in [6.45, 7) is 1.70. The maximum atomic E-state index is 13.1. The zero-order valence-corrected chi connectivity index (χ0v) is 12.5. The molecule has 1 N–H and O–H groups in total. The van der Waals surface area contributed by atoms with Crippen molar-refractivity contribution in [1.29, 1.82) is 0 Å². The first-order chi connectivity index (χ1) is 11.0. The number of carbonyl (C=O) groups is 2. The Hall–Kier alpha value is -2.63. The zero-order valence-electron chi connectivity index (χ0n) is 12.5. The monoisotopic (exact) mass is 317 g/mol. The fourth-order valence-electron chi connectivity index (χ4n) is 2.12. The van der Waals surface area contributed by atoms with Gasteiger partial charge in [-0.05, 0) is 44.0 Å². The highest BCUT2D eigenvalue weighted by Gasteiger charge is 2.31. The molecule has 23 heavy (non-hydrogen) atoms. The number of benzene rings is 1. The van der Waals surface area contributed by atoms with Gasteiger partial charge in [0.2, 0.25) is 11.9 Å². The van der Waals surface area contributed by atoms with Crippen LogP contribution in [0.2, 0.25) is 0 Å². The minimum Gasteiger partial charge on any atom is -0.454 e. The predicted octanol–water partition coefficient (Wildman–Crippen LogP) is 2.90. The SMILES string of the molecule is Cc1ccc(C(=O)O[C@H](C(=O)NC2CC2)c2ccc(F)cc2)o1. The Morgan fingerprint density at radius 2 is 1.91 bits per heavy atom. The summed E-state index contributed by atoms with van der Waals surface area (Å²) in [5.41, 5.74) is 0.404. The zero-order chi connectivity index (χ0) is 16.4. The molecular formula is C17H16FNO4. The van der Waals surface area contributed by atoms with E-state index in [1.807, 2.05) is 0 Å². The molecule has 1 amide bonds. The van der Waals surface area contributed by atoms with Gasteiger partial charge in [-0.1, -0.05) is 12.1 Å². The van der Waals surface area contributed by atoms with E-state index in [9.17, 15) is 14.0 Å². The van der Waals surface area contributed by atoms with Crippen LogP contribution >= 0.6 is 0 Å². The minimum atomic E-state index is -1.14. The largest absolute Gasteiger partial charge is 0.454 e. The number of furan rings is 1. The molecule has 1 heterocycles. The number of hydrogen-bond donors (Lipinski definition) is 1. The van der Waals surface area contributed by atoms with Gasteiger partial charge in [0.25, 0.3) is 5.91 Å². The number of halogens is 1. The van der Waals surface area contributed by atoms with E-state index in [1.54, 1.807) is 13.0 Å². The normalized spacial score (nSPS) is 15.0. The van der Waals surface area contributed by atoms with Gasteiger partial charge in [0, 0.05) is 11.6 Å². The molecule has 1 atom stereocenters. The Bertz CT molecular complexity index is 718. The minimum absolute atomic E-state index is 0.0221. The van der Waals surface area contributed by atoms with Crippen LogP contribution in [0.3, 0.4) is 0 Å². The number of esters is 1. The molecule has 2 aromatic rings. The molecule has 0 unspecified atom stereocenters. The Labute approximate surface area is 132 Å². The molecule has 0 aliphatic heterocycles. The Kier molecular flexibility index (Phi) is 4.14. The van der Waals surface area contributed by atoms with Crippen LogP contribution in [0.25, 0.3) is 0 Å².